The molecule has 0 fully saturated rings. The van der Waals surface area contributed by atoms with E-state index in [0.29, 0.717) is 27.7 Å². The smallest absolute Gasteiger partial charge is 0.337 e. The molecule has 1 N–H and O–H groups in total. The number of aromatic carboxylic acids is 1. The zero-order valence-electron chi connectivity index (χ0n) is 14.2. The van der Waals surface area contributed by atoms with Crippen molar-refractivity contribution in [3.8, 4) is 0 Å². The van der Waals surface area contributed by atoms with Crippen LogP contribution in [0.4, 0.5) is 11.4 Å². The first-order chi connectivity index (χ1) is 12.4. The van der Waals surface area contributed by atoms with E-state index >= 15 is 0 Å². The summed E-state index contributed by atoms with van der Waals surface area (Å²) >= 11 is 5.99. The van der Waals surface area contributed by atoms with Crippen LogP contribution in [-0.4, -0.2) is 29.7 Å². The van der Waals surface area contributed by atoms with E-state index in [1.165, 1.54) is 11.1 Å². The number of amides is 1. The number of hydrogen-bond donors (Lipinski definition) is 1. The normalized spacial score (nSPS) is 15.3. The molecule has 1 amide bonds. The van der Waals surface area contributed by atoms with E-state index in [1.807, 2.05) is 0 Å². The summed E-state index contributed by atoms with van der Waals surface area (Å²) in [5, 5.41) is 15.4. The third-order valence-electron chi connectivity index (χ3n) is 3.95. The molecule has 1 heterocycles. The van der Waals surface area contributed by atoms with Gasteiger partial charge in [-0.2, -0.15) is 10.1 Å². The molecule has 1 aliphatic rings. The largest absolute Gasteiger partial charge is 0.478 e. The highest BCUT2D eigenvalue weighted by molar-refractivity contribution is 6.32. The van der Waals surface area contributed by atoms with Crippen LogP contribution in [0.25, 0.3) is 0 Å². The van der Waals surface area contributed by atoms with Gasteiger partial charge in [-0.15, -0.1) is 0 Å². The Morgan fingerprint density at radius 3 is 2.65 bits per heavy atom. The van der Waals surface area contributed by atoms with Gasteiger partial charge in [-0.3, -0.25) is 4.79 Å². The second kappa shape index (κ2) is 7.01. The van der Waals surface area contributed by atoms with Gasteiger partial charge in [0.05, 0.1) is 28.2 Å². The van der Waals surface area contributed by atoms with Gasteiger partial charge < -0.3 is 10.0 Å². The number of carboxylic acid groups (broad SMARTS) is 1. The Labute approximate surface area is 155 Å². The number of carboxylic acids is 1. The summed E-state index contributed by atoms with van der Waals surface area (Å²) in [6, 6.07) is 13.5. The number of carbonyl (C=O) groups is 2. The molecule has 1 aliphatic heterocycles. The lowest BCUT2D eigenvalue weighted by Crippen LogP contribution is -2.23. The fraction of sp³-hybridized carbons (Fsp3) is 0.105. The van der Waals surface area contributed by atoms with E-state index in [9.17, 15) is 14.7 Å². The first kappa shape index (κ1) is 17.7. The molecule has 0 spiro atoms. The van der Waals surface area contributed by atoms with Crippen molar-refractivity contribution < 1.29 is 14.7 Å². The van der Waals surface area contributed by atoms with Crippen molar-refractivity contribution in [2.75, 3.05) is 17.0 Å². The van der Waals surface area contributed by atoms with E-state index in [1.54, 1.807) is 67.5 Å². The van der Waals surface area contributed by atoms with Gasteiger partial charge in [-0.1, -0.05) is 29.8 Å². The monoisotopic (exact) mass is 369 g/mol. The Hall–Kier alpha value is -3.12. The first-order valence-electron chi connectivity index (χ1n) is 7.81. The lowest BCUT2D eigenvalue weighted by atomic mass is 10.1. The Morgan fingerprint density at radius 2 is 1.96 bits per heavy atom. The van der Waals surface area contributed by atoms with Crippen molar-refractivity contribution in [1.29, 1.82) is 0 Å². The topological polar surface area (TPSA) is 73.2 Å². The van der Waals surface area contributed by atoms with Crippen LogP contribution in [0.2, 0.25) is 5.02 Å². The number of anilines is 2. The molecule has 0 aliphatic carbocycles. The predicted octanol–water partition coefficient (Wildman–Crippen LogP) is 3.78. The van der Waals surface area contributed by atoms with Crippen LogP contribution >= 0.6 is 11.6 Å². The van der Waals surface area contributed by atoms with Crippen LogP contribution in [0.5, 0.6) is 0 Å². The second-order valence-corrected chi connectivity index (χ2v) is 6.19. The molecule has 0 saturated heterocycles. The number of nitrogens with zero attached hydrogens (tertiary/aromatic N) is 3. The van der Waals surface area contributed by atoms with Gasteiger partial charge >= 0.3 is 5.97 Å². The molecule has 0 atom stereocenters. The van der Waals surface area contributed by atoms with Gasteiger partial charge in [-0.05, 0) is 37.3 Å². The average Bonchev–Trinajstić information content (AvgIpc) is 2.90. The maximum atomic E-state index is 12.8. The number of hydrazone groups is 1. The number of carbonyl (C=O) groups excluding carboxylic acids is 1. The molecule has 3 rings (SSSR count). The van der Waals surface area contributed by atoms with Gasteiger partial charge in [-0.25, -0.2) is 4.79 Å². The van der Waals surface area contributed by atoms with E-state index in [0.717, 1.165) is 0 Å². The van der Waals surface area contributed by atoms with Gasteiger partial charge in [0, 0.05) is 18.3 Å². The molecule has 0 bridgehead atoms. The van der Waals surface area contributed by atoms with Crippen molar-refractivity contribution in [2.24, 2.45) is 5.10 Å². The highest BCUT2D eigenvalue weighted by Crippen LogP contribution is 2.27. The van der Waals surface area contributed by atoms with Crippen molar-refractivity contribution in [2.45, 2.75) is 6.92 Å². The van der Waals surface area contributed by atoms with Crippen LogP contribution in [-0.2, 0) is 4.79 Å². The predicted molar refractivity (Wildman–Crippen MR) is 102 cm³/mol. The van der Waals surface area contributed by atoms with E-state index in [2.05, 4.69) is 5.10 Å². The maximum Gasteiger partial charge on any atom is 0.337 e. The Morgan fingerprint density at radius 1 is 1.23 bits per heavy atom. The van der Waals surface area contributed by atoms with Gasteiger partial charge in [0.15, 0.2) is 0 Å². The van der Waals surface area contributed by atoms with Gasteiger partial charge in [0.2, 0.25) is 0 Å². The third-order valence-corrected chi connectivity index (χ3v) is 4.19. The second-order valence-electron chi connectivity index (χ2n) is 5.76. The maximum absolute atomic E-state index is 12.8. The van der Waals surface area contributed by atoms with Gasteiger partial charge in [0.1, 0.15) is 0 Å². The molecule has 7 heteroatoms. The van der Waals surface area contributed by atoms with Crippen LogP contribution < -0.4 is 9.91 Å². The zero-order chi connectivity index (χ0) is 18.8. The molecule has 6 nitrogen and oxygen atoms in total. The highest BCUT2D eigenvalue weighted by Gasteiger charge is 2.29. The molecule has 0 aromatic heterocycles. The summed E-state index contributed by atoms with van der Waals surface area (Å²) in [7, 11) is 1.69. The lowest BCUT2D eigenvalue weighted by molar-refractivity contribution is -0.114. The SMILES string of the molecule is CC1=NN(c2cccc(Cl)c2)C(=O)C1=CN(C)c1ccccc1C(=O)O. The van der Waals surface area contributed by atoms with E-state index < -0.39 is 5.97 Å². The third kappa shape index (κ3) is 3.32. The molecule has 2 aromatic rings. The number of halogens is 1. The van der Waals surface area contributed by atoms with Crippen molar-refractivity contribution in [1.82, 2.24) is 0 Å². The lowest BCUT2D eigenvalue weighted by Gasteiger charge is -2.18. The zero-order valence-corrected chi connectivity index (χ0v) is 14.9. The molecule has 0 saturated carbocycles. The first-order valence-corrected chi connectivity index (χ1v) is 8.19. The highest BCUT2D eigenvalue weighted by atomic mass is 35.5. The van der Waals surface area contributed by atoms with Crippen LogP contribution in [0.3, 0.4) is 0 Å². The molecule has 2 aromatic carbocycles. The summed E-state index contributed by atoms with van der Waals surface area (Å²) in [4.78, 5) is 25.8. The minimum Gasteiger partial charge on any atom is -0.478 e. The van der Waals surface area contributed by atoms with Crippen molar-refractivity contribution in [3.05, 3.63) is 70.9 Å². The van der Waals surface area contributed by atoms with E-state index in [4.69, 9.17) is 11.6 Å². The van der Waals surface area contributed by atoms with Crippen molar-refractivity contribution >= 4 is 40.6 Å². The summed E-state index contributed by atoms with van der Waals surface area (Å²) in [6.45, 7) is 1.73. The molecule has 132 valence electrons. The number of para-hydroxylation sites is 1. The number of hydrogen-bond acceptors (Lipinski definition) is 4. The van der Waals surface area contributed by atoms with Crippen LogP contribution in [0.15, 0.2) is 65.4 Å². The standard InChI is InChI=1S/C19H16ClN3O3/c1-12-16(11-22(2)17-9-4-3-8-15(17)19(25)26)18(24)23(21-12)14-7-5-6-13(20)10-14/h3-11H,1-2H3,(H,25,26). The molecular weight excluding hydrogens is 354 g/mol. The summed E-state index contributed by atoms with van der Waals surface area (Å²) in [5.74, 6) is -1.33. The Balaban J connectivity index is 1.94. The summed E-state index contributed by atoms with van der Waals surface area (Å²) < 4.78 is 0. The van der Waals surface area contributed by atoms with Crippen LogP contribution in [0.1, 0.15) is 17.3 Å². The summed E-state index contributed by atoms with van der Waals surface area (Å²) in [5.41, 5.74) is 2.12. The number of benzene rings is 2. The molecule has 0 radical (unpaired) electrons. The molecule has 0 unspecified atom stereocenters. The fourth-order valence-electron chi connectivity index (χ4n) is 2.67. The van der Waals surface area contributed by atoms with Gasteiger partial charge in [0.25, 0.3) is 5.91 Å². The quantitative estimate of drug-likeness (QED) is 0.832. The van der Waals surface area contributed by atoms with Crippen LogP contribution in [0, 0.1) is 0 Å². The molecule has 26 heavy (non-hydrogen) atoms. The molecular formula is C19H16ClN3O3. The summed E-state index contributed by atoms with van der Waals surface area (Å²) in [6.07, 6.45) is 1.59. The average molecular weight is 370 g/mol. The van der Waals surface area contributed by atoms with Crippen molar-refractivity contribution in [3.63, 3.8) is 0 Å². The Bertz CT molecular complexity index is 953. The fourth-order valence-corrected chi connectivity index (χ4v) is 2.86. The number of rotatable bonds is 4. The Kier molecular flexibility index (Phi) is 4.77. The minimum atomic E-state index is -1.03. The van der Waals surface area contributed by atoms with E-state index in [-0.39, 0.29) is 11.5 Å². The minimum absolute atomic E-state index is 0.151.